The van der Waals surface area contributed by atoms with E-state index in [1.54, 1.807) is 0 Å². The van der Waals surface area contributed by atoms with Gasteiger partial charge in [-0.25, -0.2) is 0 Å². The van der Waals surface area contributed by atoms with Gasteiger partial charge in [0.1, 0.15) is 0 Å². The highest BCUT2D eigenvalue weighted by molar-refractivity contribution is 4.62. The average Bonchev–Trinajstić information content (AvgIpc) is 2.33. The van der Waals surface area contributed by atoms with Gasteiger partial charge in [-0.15, -0.1) is 0 Å². The van der Waals surface area contributed by atoms with Gasteiger partial charge in [0.2, 0.25) is 0 Å². The van der Waals surface area contributed by atoms with Crippen LogP contribution in [0.25, 0.3) is 0 Å². The van der Waals surface area contributed by atoms with E-state index in [-0.39, 0.29) is 0 Å². The molecular weight excluding hydrogens is 204 g/mol. The highest BCUT2D eigenvalue weighted by Crippen LogP contribution is 2.17. The first-order chi connectivity index (χ1) is 8.31. The first kappa shape index (κ1) is 17.0. The third-order valence-corrected chi connectivity index (χ3v) is 3.68. The zero-order valence-corrected chi connectivity index (χ0v) is 12.5. The molecule has 0 spiro atoms. The van der Waals surface area contributed by atoms with Crippen molar-refractivity contribution in [1.82, 2.24) is 0 Å². The lowest BCUT2D eigenvalue weighted by Gasteiger charge is -2.10. The molecule has 0 saturated carbocycles. The molecule has 1 radical (unpaired) electrons. The van der Waals surface area contributed by atoms with Crippen molar-refractivity contribution in [1.29, 1.82) is 0 Å². The van der Waals surface area contributed by atoms with E-state index >= 15 is 0 Å². The zero-order chi connectivity index (χ0) is 12.8. The van der Waals surface area contributed by atoms with Crippen molar-refractivity contribution in [3.63, 3.8) is 0 Å². The quantitative estimate of drug-likeness (QED) is 0.320. The molecule has 0 aromatic rings. The third kappa shape index (κ3) is 13.9. The smallest absolute Gasteiger partial charge is 0.0414 e. The number of hydrogen-bond acceptors (Lipinski definition) is 0. The van der Waals surface area contributed by atoms with E-state index in [9.17, 15) is 0 Å². The van der Waals surface area contributed by atoms with Crippen LogP contribution in [0.2, 0.25) is 0 Å². The van der Waals surface area contributed by atoms with Crippen LogP contribution >= 0.6 is 0 Å². The Morgan fingerprint density at radius 1 is 0.588 bits per heavy atom. The number of hydrogen-bond donors (Lipinski definition) is 0. The standard InChI is InChI=1S/C17H35/c1-4-6-8-10-11-12-14-16-17(3)15-13-9-7-5-2/h17H,3-16H2,1-2H3. The molecule has 0 aliphatic carbocycles. The molecule has 0 nitrogen and oxygen atoms in total. The van der Waals surface area contributed by atoms with E-state index in [1.165, 1.54) is 83.5 Å². The number of unbranched alkanes of at least 4 members (excludes halogenated alkanes) is 9. The molecule has 0 aliphatic heterocycles. The van der Waals surface area contributed by atoms with Gasteiger partial charge >= 0.3 is 0 Å². The Labute approximate surface area is 111 Å². The average molecular weight is 239 g/mol. The Bertz CT molecular complexity index is 128. The van der Waals surface area contributed by atoms with Crippen molar-refractivity contribution in [2.75, 3.05) is 0 Å². The summed E-state index contributed by atoms with van der Waals surface area (Å²) in [6.45, 7) is 8.84. The van der Waals surface area contributed by atoms with Gasteiger partial charge in [-0.1, -0.05) is 104 Å². The molecule has 0 heterocycles. The largest absolute Gasteiger partial charge is 0.0654 e. The number of rotatable bonds is 13. The minimum absolute atomic E-state index is 0.725. The maximum atomic E-state index is 4.28. The Kier molecular flexibility index (Phi) is 14.1. The van der Waals surface area contributed by atoms with Crippen LogP contribution in [-0.2, 0) is 0 Å². The molecule has 0 aromatic carbocycles. The lowest BCUT2D eigenvalue weighted by Crippen LogP contribution is -1.95. The molecule has 17 heavy (non-hydrogen) atoms. The molecule has 0 aromatic heterocycles. The monoisotopic (exact) mass is 239 g/mol. The van der Waals surface area contributed by atoms with Gasteiger partial charge in [0.15, 0.2) is 0 Å². The Morgan fingerprint density at radius 2 is 0.941 bits per heavy atom. The van der Waals surface area contributed by atoms with E-state index in [0.29, 0.717) is 0 Å². The van der Waals surface area contributed by atoms with Gasteiger partial charge < -0.3 is 0 Å². The van der Waals surface area contributed by atoms with Gasteiger partial charge in [-0.3, -0.25) is 0 Å². The van der Waals surface area contributed by atoms with Crippen LogP contribution in [0.1, 0.15) is 97.3 Å². The van der Waals surface area contributed by atoms with Crippen molar-refractivity contribution < 1.29 is 0 Å². The summed E-state index contributed by atoms with van der Waals surface area (Å²) in [4.78, 5) is 0. The highest BCUT2D eigenvalue weighted by atomic mass is 14.1. The first-order valence-electron chi connectivity index (χ1n) is 8.14. The van der Waals surface area contributed by atoms with Crippen LogP contribution in [0, 0.1) is 12.8 Å². The van der Waals surface area contributed by atoms with Crippen molar-refractivity contribution in [2.45, 2.75) is 97.3 Å². The fraction of sp³-hybridized carbons (Fsp3) is 0.941. The fourth-order valence-corrected chi connectivity index (χ4v) is 2.39. The highest BCUT2D eigenvalue weighted by Gasteiger charge is 2.01. The summed E-state index contributed by atoms with van der Waals surface area (Å²) in [5, 5.41) is 0. The topological polar surface area (TPSA) is 0 Å². The molecule has 0 amide bonds. The van der Waals surface area contributed by atoms with Crippen LogP contribution in [0.3, 0.4) is 0 Å². The minimum atomic E-state index is 0.725. The minimum Gasteiger partial charge on any atom is -0.0654 e. The maximum absolute atomic E-state index is 4.28. The van der Waals surface area contributed by atoms with Crippen LogP contribution < -0.4 is 0 Å². The maximum Gasteiger partial charge on any atom is -0.0414 e. The molecule has 1 atom stereocenters. The van der Waals surface area contributed by atoms with Gasteiger partial charge in [0.25, 0.3) is 0 Å². The molecule has 1 unspecified atom stereocenters. The summed E-state index contributed by atoms with van der Waals surface area (Å²) in [6, 6.07) is 0. The van der Waals surface area contributed by atoms with Crippen molar-refractivity contribution >= 4 is 0 Å². The fourth-order valence-electron chi connectivity index (χ4n) is 2.39. The zero-order valence-electron chi connectivity index (χ0n) is 12.5. The Hall–Kier alpha value is 0. The molecule has 103 valence electrons. The molecule has 0 rings (SSSR count). The molecule has 0 bridgehead atoms. The predicted octanol–water partition coefficient (Wildman–Crippen LogP) is 6.55. The molecule has 0 fully saturated rings. The van der Waals surface area contributed by atoms with Crippen molar-refractivity contribution in [3.8, 4) is 0 Å². The van der Waals surface area contributed by atoms with Crippen molar-refractivity contribution in [3.05, 3.63) is 6.92 Å². The summed E-state index contributed by atoms with van der Waals surface area (Å²) in [6.07, 6.45) is 18.3. The molecule has 0 aliphatic rings. The lowest BCUT2D eigenvalue weighted by atomic mass is 9.96. The van der Waals surface area contributed by atoms with Crippen LogP contribution in [0.15, 0.2) is 0 Å². The second-order valence-electron chi connectivity index (χ2n) is 5.63. The van der Waals surface area contributed by atoms with E-state index in [4.69, 9.17) is 0 Å². The van der Waals surface area contributed by atoms with Crippen LogP contribution in [0.5, 0.6) is 0 Å². The Morgan fingerprint density at radius 3 is 1.41 bits per heavy atom. The van der Waals surface area contributed by atoms with E-state index < -0.39 is 0 Å². The van der Waals surface area contributed by atoms with E-state index in [1.807, 2.05) is 0 Å². The van der Waals surface area contributed by atoms with Crippen LogP contribution in [0.4, 0.5) is 0 Å². The molecular formula is C17H35. The Balaban J connectivity index is 3.08. The summed E-state index contributed by atoms with van der Waals surface area (Å²) in [5.41, 5.74) is 0. The van der Waals surface area contributed by atoms with Gasteiger partial charge in [0, 0.05) is 0 Å². The normalized spacial score (nSPS) is 12.9. The molecule has 0 saturated heterocycles. The molecule has 0 heteroatoms. The van der Waals surface area contributed by atoms with Gasteiger partial charge in [-0.2, -0.15) is 0 Å². The predicted molar refractivity (Wildman–Crippen MR) is 80.2 cm³/mol. The second kappa shape index (κ2) is 14.1. The summed E-state index contributed by atoms with van der Waals surface area (Å²) in [5.74, 6) is 0.725. The SMILES string of the molecule is [CH2]C(CCCCCC)CCCCCCCCC. The van der Waals surface area contributed by atoms with Crippen molar-refractivity contribution in [2.24, 2.45) is 5.92 Å². The summed E-state index contributed by atoms with van der Waals surface area (Å²) < 4.78 is 0. The van der Waals surface area contributed by atoms with Gasteiger partial charge in [0.05, 0.1) is 0 Å². The third-order valence-electron chi connectivity index (χ3n) is 3.68. The molecule has 0 N–H and O–H groups in total. The first-order valence-corrected chi connectivity index (χ1v) is 8.14. The lowest BCUT2D eigenvalue weighted by molar-refractivity contribution is 0.465. The summed E-state index contributed by atoms with van der Waals surface area (Å²) in [7, 11) is 0. The van der Waals surface area contributed by atoms with Crippen LogP contribution in [-0.4, -0.2) is 0 Å². The van der Waals surface area contributed by atoms with E-state index in [2.05, 4.69) is 20.8 Å². The second-order valence-corrected chi connectivity index (χ2v) is 5.63. The summed E-state index contributed by atoms with van der Waals surface area (Å²) >= 11 is 0. The van der Waals surface area contributed by atoms with E-state index in [0.717, 1.165) is 5.92 Å². The van der Waals surface area contributed by atoms with Gasteiger partial charge in [-0.05, 0) is 5.92 Å².